The molecule has 1 aromatic carbocycles. The summed E-state index contributed by atoms with van der Waals surface area (Å²) in [5.41, 5.74) is 5.93. The second kappa shape index (κ2) is 8.67. The van der Waals surface area contributed by atoms with Gasteiger partial charge in [0.15, 0.2) is 11.6 Å². The fourth-order valence-electron chi connectivity index (χ4n) is 5.07. The van der Waals surface area contributed by atoms with Gasteiger partial charge in [-0.1, -0.05) is 35.0 Å². The highest BCUT2D eigenvalue weighted by Crippen LogP contribution is 2.53. The van der Waals surface area contributed by atoms with Crippen LogP contribution in [0.25, 0.3) is 5.00 Å². The van der Waals surface area contributed by atoms with Gasteiger partial charge in [0.25, 0.3) is 0 Å². The summed E-state index contributed by atoms with van der Waals surface area (Å²) in [5.74, 6) is 2.57. The van der Waals surface area contributed by atoms with Gasteiger partial charge in [0.2, 0.25) is 6.41 Å². The second-order valence-electron chi connectivity index (χ2n) is 9.38. The second-order valence-corrected chi connectivity index (χ2v) is 10.9. The van der Waals surface area contributed by atoms with Crippen molar-refractivity contribution in [3.8, 4) is 5.00 Å². The Balaban J connectivity index is 0.000000204. The summed E-state index contributed by atoms with van der Waals surface area (Å²) in [6.07, 6.45) is 6.15. The number of aliphatic imine (C=N–C) groups is 1. The lowest BCUT2D eigenvalue weighted by Gasteiger charge is -2.12. The number of thiophene rings is 1. The molecule has 4 heterocycles. The Morgan fingerprint density at radius 3 is 2.67 bits per heavy atom. The maximum Gasteiger partial charge on any atom is 0.211 e. The average molecular weight is 521 g/mol. The minimum Gasteiger partial charge on any atom is -0.359 e. The summed E-state index contributed by atoms with van der Waals surface area (Å²) in [4.78, 5) is 16.8. The molecule has 8 nitrogen and oxygen atoms in total. The number of nitrogens with zero attached hydrogens (tertiary/aromatic N) is 5. The molecular weight excluding hydrogens is 496 g/mol. The Labute approximate surface area is 217 Å². The maximum atomic E-state index is 10.00. The highest BCUT2D eigenvalue weighted by atomic mass is 35.5. The molecule has 36 heavy (non-hydrogen) atoms. The SMILES string of the molecule is Cc1nnc2n1-c1sc3c(c1C(c1ccccc1Cl)=NC21CC1)CCC3.Cc1noc(C)c1NC=O. The number of benzene rings is 1. The number of nitrogens with one attached hydrogen (secondary N) is 1. The first-order valence-electron chi connectivity index (χ1n) is 12.0. The molecule has 0 unspecified atom stereocenters. The van der Waals surface area contributed by atoms with Crippen molar-refractivity contribution in [3.63, 3.8) is 0 Å². The molecule has 7 rings (SSSR count). The van der Waals surface area contributed by atoms with Crippen LogP contribution in [0, 0.1) is 20.8 Å². The Morgan fingerprint density at radius 2 is 1.97 bits per heavy atom. The number of rotatable bonds is 3. The Kier molecular flexibility index (Phi) is 5.57. The molecule has 1 fully saturated rings. The van der Waals surface area contributed by atoms with Gasteiger partial charge in [-0.15, -0.1) is 21.5 Å². The van der Waals surface area contributed by atoms with Crippen LogP contribution in [0.15, 0.2) is 33.8 Å². The van der Waals surface area contributed by atoms with E-state index in [2.05, 4.69) is 31.3 Å². The van der Waals surface area contributed by atoms with E-state index < -0.39 is 0 Å². The van der Waals surface area contributed by atoms with Gasteiger partial charge in [-0.25, -0.2) is 0 Å². The van der Waals surface area contributed by atoms with Crippen molar-refractivity contribution in [2.45, 2.75) is 58.4 Å². The van der Waals surface area contributed by atoms with Crippen LogP contribution in [0.3, 0.4) is 0 Å². The summed E-state index contributed by atoms with van der Waals surface area (Å²) >= 11 is 8.50. The van der Waals surface area contributed by atoms with Crippen LogP contribution in [0.4, 0.5) is 5.69 Å². The van der Waals surface area contributed by atoms with E-state index in [0.29, 0.717) is 23.6 Å². The van der Waals surface area contributed by atoms with E-state index in [4.69, 9.17) is 21.1 Å². The quantitative estimate of drug-likeness (QED) is 0.361. The number of carbonyl (C=O) groups excluding carboxylic acids is 1. The largest absolute Gasteiger partial charge is 0.359 e. The minimum atomic E-state index is -0.236. The molecule has 0 saturated heterocycles. The van der Waals surface area contributed by atoms with Gasteiger partial charge >= 0.3 is 0 Å². The Morgan fingerprint density at radius 1 is 1.17 bits per heavy atom. The molecule has 0 bridgehead atoms. The smallest absolute Gasteiger partial charge is 0.211 e. The van der Waals surface area contributed by atoms with Gasteiger partial charge < -0.3 is 9.84 Å². The Hall–Kier alpha value is -3.30. The zero-order chi connectivity index (χ0) is 25.0. The number of aryl methyl sites for hydroxylation is 4. The maximum absolute atomic E-state index is 10.00. The number of carbonyl (C=O) groups is 1. The van der Waals surface area contributed by atoms with E-state index in [0.717, 1.165) is 53.6 Å². The fourth-order valence-corrected chi connectivity index (χ4v) is 6.73. The summed E-state index contributed by atoms with van der Waals surface area (Å²) < 4.78 is 7.04. The van der Waals surface area contributed by atoms with E-state index in [1.165, 1.54) is 27.4 Å². The van der Waals surface area contributed by atoms with E-state index >= 15 is 0 Å². The van der Waals surface area contributed by atoms with Gasteiger partial charge in [-0.2, -0.15) is 0 Å². The van der Waals surface area contributed by atoms with Crippen molar-refractivity contribution in [2.75, 3.05) is 5.32 Å². The number of hydrogen-bond donors (Lipinski definition) is 1. The molecule has 1 spiro atoms. The summed E-state index contributed by atoms with van der Waals surface area (Å²) in [7, 11) is 0. The van der Waals surface area contributed by atoms with Gasteiger partial charge in [0, 0.05) is 21.0 Å². The molecule has 0 atom stereocenters. The number of amides is 1. The molecule has 3 aliphatic rings. The topological polar surface area (TPSA) is 98.2 Å². The third-order valence-electron chi connectivity index (χ3n) is 7.00. The molecular formula is C26H25ClN6O2S. The van der Waals surface area contributed by atoms with E-state index in [-0.39, 0.29) is 5.54 Å². The molecule has 4 aromatic rings. The van der Waals surface area contributed by atoms with Crippen LogP contribution in [0.2, 0.25) is 5.02 Å². The third kappa shape index (κ3) is 3.60. The summed E-state index contributed by atoms with van der Waals surface area (Å²) in [5, 5.41) is 17.1. The van der Waals surface area contributed by atoms with Gasteiger partial charge in [0.1, 0.15) is 27.7 Å². The predicted octanol–water partition coefficient (Wildman–Crippen LogP) is 5.48. The van der Waals surface area contributed by atoms with Crippen molar-refractivity contribution in [2.24, 2.45) is 4.99 Å². The van der Waals surface area contributed by atoms with Crippen molar-refractivity contribution in [3.05, 3.63) is 74.0 Å². The fraction of sp³-hybridized carbons (Fsp3) is 0.346. The molecule has 0 radical (unpaired) electrons. The lowest BCUT2D eigenvalue weighted by molar-refractivity contribution is -0.105. The number of fused-ring (bicyclic) bond motifs is 6. The number of hydrogen-bond acceptors (Lipinski definition) is 7. The van der Waals surface area contributed by atoms with Crippen LogP contribution in [-0.2, 0) is 23.2 Å². The van der Waals surface area contributed by atoms with Crippen molar-refractivity contribution < 1.29 is 9.32 Å². The molecule has 184 valence electrons. The Bertz CT molecular complexity index is 1510. The monoisotopic (exact) mass is 520 g/mol. The molecule has 1 saturated carbocycles. The van der Waals surface area contributed by atoms with Crippen LogP contribution in [0.1, 0.15) is 63.9 Å². The lowest BCUT2D eigenvalue weighted by Crippen LogP contribution is -2.12. The first-order chi connectivity index (χ1) is 17.4. The standard InChI is InChI=1S/C20H17ClN4S.C6H8N2O2/c1-11-23-24-19-20(9-10-20)22-17(12-5-2-3-7-14(12)21)16-13-6-4-8-15(13)26-18(16)25(11)19;1-4-6(7-3-9)5(2)10-8-4/h2-3,5,7H,4,6,8-10H2,1H3;3H,1-2H3,(H,7,9). The first kappa shape index (κ1) is 23.1. The zero-order valence-electron chi connectivity index (χ0n) is 20.3. The third-order valence-corrected chi connectivity index (χ3v) is 8.61. The van der Waals surface area contributed by atoms with Gasteiger partial charge in [-0.05, 0) is 64.5 Å². The predicted molar refractivity (Wildman–Crippen MR) is 140 cm³/mol. The summed E-state index contributed by atoms with van der Waals surface area (Å²) in [6, 6.07) is 8.08. The first-order valence-corrected chi connectivity index (χ1v) is 13.2. The van der Waals surface area contributed by atoms with Crippen LogP contribution in [0.5, 0.6) is 0 Å². The lowest BCUT2D eigenvalue weighted by atomic mass is 9.99. The number of aromatic nitrogens is 4. The van der Waals surface area contributed by atoms with E-state index in [9.17, 15) is 4.79 Å². The molecule has 2 aliphatic carbocycles. The van der Waals surface area contributed by atoms with Crippen molar-refractivity contribution >= 4 is 40.7 Å². The van der Waals surface area contributed by atoms with Gasteiger partial charge in [-0.3, -0.25) is 14.4 Å². The van der Waals surface area contributed by atoms with E-state index in [1.807, 2.05) is 36.5 Å². The number of anilines is 1. The highest BCUT2D eigenvalue weighted by molar-refractivity contribution is 7.15. The average Bonchev–Trinajstić information content (AvgIpc) is 3.13. The molecule has 1 N–H and O–H groups in total. The van der Waals surface area contributed by atoms with Crippen molar-refractivity contribution in [1.29, 1.82) is 0 Å². The number of halogens is 1. The molecule has 3 aromatic heterocycles. The van der Waals surface area contributed by atoms with Crippen LogP contribution >= 0.6 is 22.9 Å². The minimum absolute atomic E-state index is 0.236. The highest BCUT2D eigenvalue weighted by Gasteiger charge is 2.52. The summed E-state index contributed by atoms with van der Waals surface area (Å²) in [6.45, 7) is 5.55. The molecule has 10 heteroatoms. The van der Waals surface area contributed by atoms with Crippen LogP contribution in [-0.4, -0.2) is 32.0 Å². The van der Waals surface area contributed by atoms with E-state index in [1.54, 1.807) is 13.8 Å². The molecule has 1 aliphatic heterocycles. The van der Waals surface area contributed by atoms with Crippen LogP contribution < -0.4 is 5.32 Å². The van der Waals surface area contributed by atoms with Gasteiger partial charge in [0.05, 0.1) is 5.71 Å². The van der Waals surface area contributed by atoms with Crippen molar-refractivity contribution in [1.82, 2.24) is 19.9 Å². The normalized spacial score (nSPS) is 16.3. The zero-order valence-corrected chi connectivity index (χ0v) is 21.8. The molecule has 1 amide bonds.